The van der Waals surface area contributed by atoms with E-state index in [1.54, 1.807) is 0 Å². The summed E-state index contributed by atoms with van der Waals surface area (Å²) in [7, 11) is 0. The van der Waals surface area contributed by atoms with Crippen LogP contribution in [0.25, 0.3) is 0 Å². The first-order valence-electron chi connectivity index (χ1n) is 4.32. The molecular weight excluding hydrogens is 230 g/mol. The second kappa shape index (κ2) is 3.24. The molecule has 2 rings (SSSR count). The first-order valence-corrected chi connectivity index (χ1v) is 4.32. The van der Waals surface area contributed by atoms with Crippen LogP contribution in [-0.2, 0) is 6.54 Å². The summed E-state index contributed by atoms with van der Waals surface area (Å²) in [5.74, 6) is -0.882. The molecule has 0 atom stereocenters. The van der Waals surface area contributed by atoms with Gasteiger partial charge in [-0.3, -0.25) is 0 Å². The van der Waals surface area contributed by atoms with Gasteiger partial charge in [-0.25, -0.2) is 0 Å². The Balaban J connectivity index is 2.43. The number of halogens is 4. The second-order valence-corrected chi connectivity index (χ2v) is 3.22. The summed E-state index contributed by atoms with van der Waals surface area (Å²) in [6, 6.07) is 3.64. The van der Waals surface area contributed by atoms with Crippen molar-refractivity contribution in [2.24, 2.45) is 5.73 Å². The Morgan fingerprint density at radius 1 is 1.00 bits per heavy atom. The van der Waals surface area contributed by atoms with Crippen molar-refractivity contribution in [3.63, 3.8) is 0 Å². The summed E-state index contributed by atoms with van der Waals surface area (Å²) in [6.07, 6.45) is -9.36. The standard InChI is InChI=1S/C9H7F4NO2/c10-8(11)9(12,13)16-7-3-5(4-14)1-2-6(7)15-8/h1-3H,4,14H2. The van der Waals surface area contributed by atoms with Gasteiger partial charge >= 0.3 is 12.2 Å². The molecule has 0 saturated heterocycles. The van der Waals surface area contributed by atoms with Crippen molar-refractivity contribution >= 4 is 0 Å². The molecule has 1 aromatic carbocycles. The molecule has 0 bridgehead atoms. The first-order chi connectivity index (χ1) is 7.36. The van der Waals surface area contributed by atoms with E-state index in [1.807, 2.05) is 0 Å². The molecule has 0 aliphatic carbocycles. The average Bonchev–Trinajstić information content (AvgIpc) is 2.18. The highest BCUT2D eigenvalue weighted by Gasteiger charge is 2.65. The summed E-state index contributed by atoms with van der Waals surface area (Å²) in [5.41, 5.74) is 5.75. The predicted molar refractivity (Wildman–Crippen MR) is 45.5 cm³/mol. The van der Waals surface area contributed by atoms with Gasteiger partial charge in [-0.15, -0.1) is 0 Å². The Morgan fingerprint density at radius 3 is 2.12 bits per heavy atom. The zero-order chi connectivity index (χ0) is 12.0. The molecule has 1 aliphatic rings. The highest BCUT2D eigenvalue weighted by molar-refractivity contribution is 5.44. The van der Waals surface area contributed by atoms with Gasteiger partial charge in [0, 0.05) is 6.54 Å². The summed E-state index contributed by atoms with van der Waals surface area (Å²) < 4.78 is 58.8. The van der Waals surface area contributed by atoms with Gasteiger partial charge in [-0.2, -0.15) is 17.6 Å². The minimum absolute atomic E-state index is 0.0819. The van der Waals surface area contributed by atoms with Gasteiger partial charge in [0.15, 0.2) is 11.5 Å². The van der Waals surface area contributed by atoms with Gasteiger partial charge in [-0.1, -0.05) is 6.07 Å². The van der Waals surface area contributed by atoms with E-state index in [2.05, 4.69) is 9.47 Å². The average molecular weight is 237 g/mol. The van der Waals surface area contributed by atoms with E-state index in [0.29, 0.717) is 5.56 Å². The van der Waals surface area contributed by atoms with E-state index in [9.17, 15) is 17.6 Å². The fourth-order valence-corrected chi connectivity index (χ4v) is 1.24. The lowest BCUT2D eigenvalue weighted by atomic mass is 10.2. The molecule has 3 nitrogen and oxygen atoms in total. The molecule has 1 heterocycles. The number of nitrogens with two attached hydrogens (primary N) is 1. The fraction of sp³-hybridized carbons (Fsp3) is 0.333. The molecule has 16 heavy (non-hydrogen) atoms. The van der Waals surface area contributed by atoms with Crippen LogP contribution in [0.15, 0.2) is 18.2 Å². The van der Waals surface area contributed by atoms with E-state index >= 15 is 0 Å². The van der Waals surface area contributed by atoms with Crippen molar-refractivity contribution in [3.05, 3.63) is 23.8 Å². The molecule has 1 aliphatic heterocycles. The van der Waals surface area contributed by atoms with E-state index in [1.165, 1.54) is 6.07 Å². The second-order valence-electron chi connectivity index (χ2n) is 3.22. The van der Waals surface area contributed by atoms with Crippen molar-refractivity contribution in [1.29, 1.82) is 0 Å². The van der Waals surface area contributed by atoms with Crippen LogP contribution >= 0.6 is 0 Å². The van der Waals surface area contributed by atoms with Crippen molar-refractivity contribution < 1.29 is 27.0 Å². The molecule has 1 aromatic rings. The molecule has 0 spiro atoms. The minimum Gasteiger partial charge on any atom is -0.421 e. The van der Waals surface area contributed by atoms with Crippen LogP contribution in [0.5, 0.6) is 11.5 Å². The molecule has 0 amide bonds. The maximum atomic E-state index is 12.8. The van der Waals surface area contributed by atoms with Crippen molar-refractivity contribution in [3.8, 4) is 11.5 Å². The molecule has 0 saturated carbocycles. The van der Waals surface area contributed by atoms with Gasteiger partial charge in [0.2, 0.25) is 0 Å². The van der Waals surface area contributed by atoms with Crippen LogP contribution in [0.4, 0.5) is 17.6 Å². The molecule has 0 radical (unpaired) electrons. The number of benzene rings is 1. The molecule has 2 N–H and O–H groups in total. The Bertz CT molecular complexity index is 422. The number of hydrogen-bond acceptors (Lipinski definition) is 3. The largest absolute Gasteiger partial charge is 0.507 e. The van der Waals surface area contributed by atoms with E-state index in [0.717, 1.165) is 12.1 Å². The summed E-state index contributed by atoms with van der Waals surface area (Å²) in [4.78, 5) is 0. The number of ether oxygens (including phenoxy) is 2. The molecule has 0 fully saturated rings. The number of rotatable bonds is 1. The van der Waals surface area contributed by atoms with Crippen LogP contribution in [0.3, 0.4) is 0 Å². The van der Waals surface area contributed by atoms with Crippen LogP contribution in [0.2, 0.25) is 0 Å². The van der Waals surface area contributed by atoms with Crippen LogP contribution in [0.1, 0.15) is 5.56 Å². The quantitative estimate of drug-likeness (QED) is 0.761. The summed E-state index contributed by atoms with van der Waals surface area (Å²) in [5, 5.41) is 0. The van der Waals surface area contributed by atoms with Crippen LogP contribution in [-0.4, -0.2) is 12.2 Å². The fourth-order valence-electron chi connectivity index (χ4n) is 1.24. The number of fused-ring (bicyclic) bond motifs is 1. The highest BCUT2D eigenvalue weighted by atomic mass is 19.3. The first kappa shape index (κ1) is 11.0. The number of alkyl halides is 4. The van der Waals surface area contributed by atoms with Gasteiger partial charge in [0.25, 0.3) is 0 Å². The van der Waals surface area contributed by atoms with Gasteiger partial charge < -0.3 is 15.2 Å². The van der Waals surface area contributed by atoms with Crippen molar-refractivity contribution in [1.82, 2.24) is 0 Å². The topological polar surface area (TPSA) is 44.5 Å². The Hall–Kier alpha value is -1.50. The normalized spacial score (nSPS) is 20.6. The van der Waals surface area contributed by atoms with Gasteiger partial charge in [0.05, 0.1) is 0 Å². The molecule has 7 heteroatoms. The number of hydrogen-bond donors (Lipinski definition) is 1. The van der Waals surface area contributed by atoms with E-state index < -0.39 is 23.7 Å². The molecule has 0 aromatic heterocycles. The molecule has 0 unspecified atom stereocenters. The Morgan fingerprint density at radius 2 is 1.56 bits per heavy atom. The lowest BCUT2D eigenvalue weighted by molar-refractivity contribution is -0.391. The third-order valence-corrected chi connectivity index (χ3v) is 2.06. The van der Waals surface area contributed by atoms with E-state index in [4.69, 9.17) is 5.73 Å². The van der Waals surface area contributed by atoms with Crippen LogP contribution in [0, 0.1) is 0 Å². The maximum absolute atomic E-state index is 12.8. The zero-order valence-electron chi connectivity index (χ0n) is 7.84. The van der Waals surface area contributed by atoms with Gasteiger partial charge in [0.1, 0.15) is 0 Å². The highest BCUT2D eigenvalue weighted by Crippen LogP contribution is 2.46. The lowest BCUT2D eigenvalue weighted by Crippen LogP contribution is -2.52. The lowest BCUT2D eigenvalue weighted by Gasteiger charge is -2.31. The minimum atomic E-state index is -4.69. The monoisotopic (exact) mass is 237 g/mol. The molecular formula is C9H7F4NO2. The predicted octanol–water partition coefficient (Wildman–Crippen LogP) is 2.10. The SMILES string of the molecule is NCc1ccc2c(c1)OC(F)(F)C(F)(F)O2. The summed E-state index contributed by atoms with van der Waals surface area (Å²) >= 11 is 0. The Labute approximate surface area is 87.7 Å². The van der Waals surface area contributed by atoms with Crippen molar-refractivity contribution in [2.45, 2.75) is 18.8 Å². The van der Waals surface area contributed by atoms with Crippen molar-refractivity contribution in [2.75, 3.05) is 0 Å². The van der Waals surface area contributed by atoms with Crippen LogP contribution < -0.4 is 15.2 Å². The third-order valence-electron chi connectivity index (χ3n) is 2.06. The smallest absolute Gasteiger partial charge is 0.421 e. The van der Waals surface area contributed by atoms with Gasteiger partial charge in [-0.05, 0) is 17.7 Å². The van der Waals surface area contributed by atoms with E-state index in [-0.39, 0.29) is 6.54 Å². The zero-order valence-corrected chi connectivity index (χ0v) is 7.84. The molecule has 88 valence electrons. The third kappa shape index (κ3) is 1.57. The summed E-state index contributed by atoms with van der Waals surface area (Å²) in [6.45, 7) is 0.0819. The Kier molecular flexibility index (Phi) is 2.23. The maximum Gasteiger partial charge on any atom is 0.507 e.